The van der Waals surface area contributed by atoms with Crippen molar-refractivity contribution in [2.24, 2.45) is 0 Å². The summed E-state index contributed by atoms with van der Waals surface area (Å²) in [6.45, 7) is 1.71. The second kappa shape index (κ2) is 4.89. The van der Waals surface area contributed by atoms with E-state index in [9.17, 15) is 14.0 Å². The van der Waals surface area contributed by atoms with Crippen LogP contribution in [0.3, 0.4) is 0 Å². The second-order valence-corrected chi connectivity index (χ2v) is 5.14. The molecule has 108 valence electrons. The van der Waals surface area contributed by atoms with Gasteiger partial charge in [-0.25, -0.2) is 9.18 Å². The first-order valence-electron chi connectivity index (χ1n) is 6.12. The molecule has 0 aliphatic carbocycles. The Morgan fingerprint density at radius 2 is 2.14 bits per heavy atom. The molecule has 0 fully saturated rings. The van der Waals surface area contributed by atoms with Gasteiger partial charge in [-0.15, -0.1) is 0 Å². The van der Waals surface area contributed by atoms with Crippen molar-refractivity contribution in [3.8, 4) is 0 Å². The average Bonchev–Trinajstić information content (AvgIpc) is 2.82. The largest absolute Gasteiger partial charge is 0.417 e. The molecule has 0 aliphatic rings. The van der Waals surface area contributed by atoms with Crippen LogP contribution in [-0.4, -0.2) is 9.55 Å². The molecule has 0 aliphatic heterocycles. The van der Waals surface area contributed by atoms with Crippen molar-refractivity contribution in [2.75, 3.05) is 0 Å². The predicted octanol–water partition coefficient (Wildman–Crippen LogP) is 2.43. The lowest BCUT2D eigenvalue weighted by Crippen LogP contribution is -2.21. The maximum Gasteiger partial charge on any atom is 0.417 e. The number of benzene rings is 1. The molecule has 3 rings (SSSR count). The fourth-order valence-electron chi connectivity index (χ4n) is 2.22. The van der Waals surface area contributed by atoms with E-state index in [1.165, 1.54) is 29.0 Å². The highest BCUT2D eigenvalue weighted by Crippen LogP contribution is 2.17. The number of halogens is 2. The molecule has 2 aromatic heterocycles. The van der Waals surface area contributed by atoms with Gasteiger partial charge in [0, 0.05) is 22.3 Å². The molecule has 5 nitrogen and oxygen atoms in total. The fourth-order valence-corrected chi connectivity index (χ4v) is 2.41. The van der Waals surface area contributed by atoms with Crippen molar-refractivity contribution in [1.82, 2.24) is 9.55 Å². The van der Waals surface area contributed by atoms with Crippen LogP contribution in [-0.2, 0) is 6.54 Å². The third kappa shape index (κ3) is 2.38. The Kier molecular flexibility index (Phi) is 3.17. The van der Waals surface area contributed by atoms with Gasteiger partial charge in [0.05, 0.1) is 6.54 Å². The molecule has 0 unspecified atom stereocenters. The van der Waals surface area contributed by atoms with Crippen molar-refractivity contribution in [2.45, 2.75) is 13.5 Å². The molecule has 0 amide bonds. The van der Waals surface area contributed by atoms with E-state index in [2.05, 4.69) is 4.98 Å². The topological polar surface area (TPSA) is 68.0 Å². The third-order valence-electron chi connectivity index (χ3n) is 3.18. The first kappa shape index (κ1) is 13.6. The van der Waals surface area contributed by atoms with Gasteiger partial charge in [0.1, 0.15) is 5.82 Å². The van der Waals surface area contributed by atoms with Gasteiger partial charge in [0.25, 0.3) is 5.56 Å². The van der Waals surface area contributed by atoms with Crippen LogP contribution in [0.15, 0.2) is 38.4 Å². The summed E-state index contributed by atoms with van der Waals surface area (Å²) < 4.78 is 20.0. The highest BCUT2D eigenvalue weighted by molar-refractivity contribution is 6.30. The average molecular weight is 309 g/mol. The van der Waals surface area contributed by atoms with Crippen molar-refractivity contribution >= 4 is 22.7 Å². The summed E-state index contributed by atoms with van der Waals surface area (Å²) in [6, 6.07) is 4.14. The van der Waals surface area contributed by atoms with Gasteiger partial charge in [-0.2, -0.15) is 0 Å². The number of oxazole rings is 1. The number of H-pyrrole nitrogens is 1. The molecule has 1 N–H and O–H groups in total. The standard InChI is InChI=1S/C14H10ClFN2O3/c1-7-5-18(6-8-4-9(15)2-3-10(8)16)13(19)11-12(7)21-14(20)17-11/h2-5H,6H2,1H3,(H,17,20). The molecule has 2 heterocycles. The number of fused-ring (bicyclic) bond motifs is 1. The molecule has 3 aromatic rings. The number of pyridine rings is 1. The van der Waals surface area contributed by atoms with Crippen molar-refractivity contribution < 1.29 is 8.81 Å². The van der Waals surface area contributed by atoms with Crippen LogP contribution in [0.2, 0.25) is 5.02 Å². The Morgan fingerprint density at radius 3 is 2.90 bits per heavy atom. The van der Waals surface area contributed by atoms with E-state index < -0.39 is 17.1 Å². The molecular weight excluding hydrogens is 299 g/mol. The van der Waals surface area contributed by atoms with E-state index >= 15 is 0 Å². The Bertz CT molecular complexity index is 955. The van der Waals surface area contributed by atoms with Crippen LogP contribution in [0.1, 0.15) is 11.1 Å². The van der Waals surface area contributed by atoms with Crippen LogP contribution >= 0.6 is 11.6 Å². The summed E-state index contributed by atoms with van der Waals surface area (Å²) in [5, 5.41) is 0.383. The van der Waals surface area contributed by atoms with Crippen LogP contribution in [0.25, 0.3) is 11.1 Å². The molecule has 0 bridgehead atoms. The van der Waals surface area contributed by atoms with Gasteiger partial charge in [-0.1, -0.05) is 11.6 Å². The lowest BCUT2D eigenvalue weighted by molar-refractivity contribution is 0.552. The molecule has 21 heavy (non-hydrogen) atoms. The fraction of sp³-hybridized carbons (Fsp3) is 0.143. The highest BCUT2D eigenvalue weighted by atomic mass is 35.5. The molecule has 1 aromatic carbocycles. The number of nitrogens with one attached hydrogen (secondary N) is 1. The minimum atomic E-state index is -0.697. The van der Waals surface area contributed by atoms with E-state index in [1.54, 1.807) is 6.92 Å². The summed E-state index contributed by atoms with van der Waals surface area (Å²) in [6.07, 6.45) is 1.52. The first-order valence-corrected chi connectivity index (χ1v) is 6.50. The summed E-state index contributed by atoms with van der Waals surface area (Å²) in [5.74, 6) is -1.15. The minimum Gasteiger partial charge on any atom is -0.407 e. The Labute approximate surface area is 122 Å². The van der Waals surface area contributed by atoms with Crippen LogP contribution < -0.4 is 11.3 Å². The zero-order chi connectivity index (χ0) is 15.1. The van der Waals surface area contributed by atoms with Gasteiger partial charge >= 0.3 is 5.76 Å². The van der Waals surface area contributed by atoms with Gasteiger partial charge < -0.3 is 8.98 Å². The number of aromatic nitrogens is 2. The van der Waals surface area contributed by atoms with Gasteiger partial charge in [-0.3, -0.25) is 9.78 Å². The summed E-state index contributed by atoms with van der Waals surface area (Å²) in [5.41, 5.74) is 0.718. The molecule has 7 heteroatoms. The van der Waals surface area contributed by atoms with Gasteiger partial charge in [0.15, 0.2) is 11.1 Å². The number of nitrogens with zero attached hydrogens (tertiary/aromatic N) is 1. The molecular formula is C14H10ClFN2O3. The van der Waals surface area contributed by atoms with E-state index in [-0.39, 0.29) is 23.2 Å². The number of hydrogen-bond acceptors (Lipinski definition) is 3. The number of rotatable bonds is 2. The lowest BCUT2D eigenvalue weighted by Gasteiger charge is -2.08. The number of aryl methyl sites for hydroxylation is 1. The molecule has 0 radical (unpaired) electrons. The smallest absolute Gasteiger partial charge is 0.407 e. The zero-order valence-electron chi connectivity index (χ0n) is 10.9. The molecule has 0 atom stereocenters. The Morgan fingerprint density at radius 1 is 1.38 bits per heavy atom. The Balaban J connectivity index is 2.17. The van der Waals surface area contributed by atoms with E-state index in [1.807, 2.05) is 0 Å². The second-order valence-electron chi connectivity index (χ2n) is 4.70. The lowest BCUT2D eigenvalue weighted by atomic mass is 10.2. The predicted molar refractivity (Wildman–Crippen MR) is 76.3 cm³/mol. The first-order chi connectivity index (χ1) is 9.95. The van der Waals surface area contributed by atoms with Crippen LogP contribution in [0.5, 0.6) is 0 Å². The van der Waals surface area contributed by atoms with E-state index in [0.717, 1.165) is 0 Å². The minimum absolute atomic E-state index is 0.00914. The van der Waals surface area contributed by atoms with Crippen LogP contribution in [0.4, 0.5) is 4.39 Å². The van der Waals surface area contributed by atoms with E-state index in [0.29, 0.717) is 10.6 Å². The molecule has 0 spiro atoms. The maximum absolute atomic E-state index is 13.8. The van der Waals surface area contributed by atoms with Gasteiger partial charge in [-0.05, 0) is 25.1 Å². The van der Waals surface area contributed by atoms with Crippen molar-refractivity contribution in [1.29, 1.82) is 0 Å². The maximum atomic E-state index is 13.8. The van der Waals surface area contributed by atoms with E-state index in [4.69, 9.17) is 16.0 Å². The Hall–Kier alpha value is -2.34. The van der Waals surface area contributed by atoms with Gasteiger partial charge in [0.2, 0.25) is 0 Å². The summed E-state index contributed by atoms with van der Waals surface area (Å²) >= 11 is 5.84. The molecule has 0 saturated heterocycles. The number of aromatic amines is 1. The molecule has 0 saturated carbocycles. The summed E-state index contributed by atoms with van der Waals surface area (Å²) in [7, 11) is 0. The number of hydrogen-bond donors (Lipinski definition) is 1. The van der Waals surface area contributed by atoms with Crippen molar-refractivity contribution in [3.05, 3.63) is 67.3 Å². The third-order valence-corrected chi connectivity index (χ3v) is 3.41. The summed E-state index contributed by atoms with van der Waals surface area (Å²) in [4.78, 5) is 25.8. The normalized spacial score (nSPS) is 11.2. The monoisotopic (exact) mass is 308 g/mol. The quantitative estimate of drug-likeness (QED) is 0.790. The van der Waals surface area contributed by atoms with Crippen LogP contribution in [0, 0.1) is 12.7 Å². The SMILES string of the molecule is Cc1cn(Cc2cc(Cl)ccc2F)c(=O)c2[nH]c(=O)oc12. The van der Waals surface area contributed by atoms with Crippen molar-refractivity contribution in [3.63, 3.8) is 0 Å². The zero-order valence-corrected chi connectivity index (χ0v) is 11.7. The highest BCUT2D eigenvalue weighted by Gasteiger charge is 2.13.